The Kier molecular flexibility index (Phi) is 8.14. The first-order valence-electron chi connectivity index (χ1n) is 10.1. The van der Waals surface area contributed by atoms with Crippen LogP contribution in [0.1, 0.15) is 24.3 Å². The van der Waals surface area contributed by atoms with E-state index in [9.17, 15) is 19.2 Å². The smallest absolute Gasteiger partial charge is 0.362 e. The minimum Gasteiger partial charge on any atom is -0.481 e. The van der Waals surface area contributed by atoms with Gasteiger partial charge in [-0.3, -0.25) is 14.4 Å². The Hall–Kier alpha value is -3.99. The zero-order valence-electron chi connectivity index (χ0n) is 18.3. The monoisotopic (exact) mass is 528 g/mol. The predicted molar refractivity (Wildman–Crippen MR) is 128 cm³/mol. The highest BCUT2D eigenvalue weighted by atomic mass is 79.9. The van der Waals surface area contributed by atoms with Gasteiger partial charge in [-0.05, 0) is 49.4 Å². The SMILES string of the molecule is CCOC(=O)c1nn(-c2cccc(Br)c2)c(=O)cc1OCC(=O)Nc1ccc(NC(C)=O)cc1. The van der Waals surface area contributed by atoms with E-state index in [4.69, 9.17) is 9.47 Å². The molecule has 3 rings (SSSR count). The summed E-state index contributed by atoms with van der Waals surface area (Å²) in [7, 11) is 0. The van der Waals surface area contributed by atoms with Gasteiger partial charge in [0.2, 0.25) is 11.6 Å². The van der Waals surface area contributed by atoms with Crippen LogP contribution in [-0.2, 0) is 14.3 Å². The summed E-state index contributed by atoms with van der Waals surface area (Å²) in [4.78, 5) is 48.5. The summed E-state index contributed by atoms with van der Waals surface area (Å²) in [6, 6.07) is 14.4. The van der Waals surface area contributed by atoms with Gasteiger partial charge in [0.05, 0.1) is 18.4 Å². The van der Waals surface area contributed by atoms with Gasteiger partial charge in [0.25, 0.3) is 11.5 Å². The third-order valence-corrected chi connectivity index (χ3v) is 4.76. The van der Waals surface area contributed by atoms with Crippen LogP contribution in [0.15, 0.2) is 63.9 Å². The van der Waals surface area contributed by atoms with E-state index in [0.29, 0.717) is 17.1 Å². The maximum Gasteiger partial charge on any atom is 0.362 e. The van der Waals surface area contributed by atoms with Gasteiger partial charge >= 0.3 is 5.97 Å². The molecule has 0 aliphatic heterocycles. The third-order valence-electron chi connectivity index (χ3n) is 4.27. The average Bonchev–Trinajstić information content (AvgIpc) is 2.79. The van der Waals surface area contributed by atoms with Gasteiger partial charge in [-0.2, -0.15) is 9.78 Å². The number of aromatic nitrogens is 2. The van der Waals surface area contributed by atoms with Gasteiger partial charge in [-0.25, -0.2) is 4.79 Å². The number of carbonyl (C=O) groups is 3. The summed E-state index contributed by atoms with van der Waals surface area (Å²) in [6.45, 7) is 2.63. The van der Waals surface area contributed by atoms with Gasteiger partial charge in [-0.1, -0.05) is 22.0 Å². The van der Waals surface area contributed by atoms with Crippen LogP contribution < -0.4 is 20.9 Å². The fourth-order valence-electron chi connectivity index (χ4n) is 2.86. The first kappa shape index (κ1) is 24.6. The summed E-state index contributed by atoms with van der Waals surface area (Å²) in [6.07, 6.45) is 0. The van der Waals surface area contributed by atoms with E-state index in [0.717, 1.165) is 15.2 Å². The van der Waals surface area contributed by atoms with Crippen LogP contribution in [0, 0.1) is 0 Å². The van der Waals surface area contributed by atoms with Crippen LogP contribution in [-0.4, -0.2) is 40.8 Å². The Morgan fingerprint density at radius 3 is 2.32 bits per heavy atom. The minimum absolute atomic E-state index is 0.0882. The molecule has 0 fully saturated rings. The van der Waals surface area contributed by atoms with Crippen molar-refractivity contribution in [2.45, 2.75) is 13.8 Å². The van der Waals surface area contributed by atoms with Crippen molar-refractivity contribution in [3.8, 4) is 11.4 Å². The van der Waals surface area contributed by atoms with Crippen molar-refractivity contribution in [2.24, 2.45) is 0 Å². The highest BCUT2D eigenvalue weighted by molar-refractivity contribution is 9.10. The van der Waals surface area contributed by atoms with Gasteiger partial charge < -0.3 is 20.1 Å². The number of anilines is 2. The fourth-order valence-corrected chi connectivity index (χ4v) is 3.25. The number of rotatable bonds is 8. The number of nitrogens with zero attached hydrogens (tertiary/aromatic N) is 2. The van der Waals surface area contributed by atoms with Gasteiger partial charge in [0.1, 0.15) is 0 Å². The molecule has 10 nitrogen and oxygen atoms in total. The molecule has 34 heavy (non-hydrogen) atoms. The molecular weight excluding hydrogens is 508 g/mol. The number of hydrogen-bond donors (Lipinski definition) is 2. The molecule has 2 N–H and O–H groups in total. The number of esters is 1. The molecular formula is C23H21BrN4O6. The van der Waals surface area contributed by atoms with Crippen molar-refractivity contribution < 1.29 is 23.9 Å². The number of carbonyl (C=O) groups excluding carboxylic acids is 3. The Morgan fingerprint density at radius 1 is 1.03 bits per heavy atom. The van der Waals surface area contributed by atoms with Crippen LogP contribution >= 0.6 is 15.9 Å². The molecule has 0 atom stereocenters. The molecule has 1 aromatic heterocycles. The molecule has 176 valence electrons. The Bertz CT molecular complexity index is 1270. The normalized spacial score (nSPS) is 10.3. The maximum absolute atomic E-state index is 12.7. The predicted octanol–water partition coefficient (Wildman–Crippen LogP) is 3.15. The second kappa shape index (κ2) is 11.2. The van der Waals surface area contributed by atoms with E-state index in [2.05, 4.69) is 31.7 Å². The van der Waals surface area contributed by atoms with Gasteiger partial charge in [0, 0.05) is 22.8 Å². The van der Waals surface area contributed by atoms with Crippen molar-refractivity contribution in [3.05, 3.63) is 75.1 Å². The Labute approximate surface area is 203 Å². The quantitative estimate of drug-likeness (QED) is 0.429. The molecule has 11 heteroatoms. The lowest BCUT2D eigenvalue weighted by atomic mass is 10.2. The van der Waals surface area contributed by atoms with Crippen LogP contribution in [0.4, 0.5) is 11.4 Å². The molecule has 0 unspecified atom stereocenters. The maximum atomic E-state index is 12.7. The lowest BCUT2D eigenvalue weighted by Crippen LogP contribution is -2.27. The second-order valence-corrected chi connectivity index (χ2v) is 7.82. The standard InChI is InChI=1S/C23H21BrN4O6/c1-3-33-23(32)22-19(12-21(31)28(27-22)18-6-4-5-15(24)11-18)34-13-20(30)26-17-9-7-16(8-10-17)25-14(2)29/h4-12H,3,13H2,1-2H3,(H,25,29)(H,26,30). The number of hydrogen-bond acceptors (Lipinski definition) is 7. The van der Waals surface area contributed by atoms with Crippen LogP contribution in [0.5, 0.6) is 5.75 Å². The van der Waals surface area contributed by atoms with E-state index >= 15 is 0 Å². The summed E-state index contributed by atoms with van der Waals surface area (Å²) in [5.41, 5.74) is 0.676. The van der Waals surface area contributed by atoms with Crippen molar-refractivity contribution >= 4 is 45.1 Å². The first-order chi connectivity index (χ1) is 16.3. The number of amides is 2. The van der Waals surface area contributed by atoms with E-state index in [-0.39, 0.29) is 24.0 Å². The zero-order valence-corrected chi connectivity index (χ0v) is 19.9. The lowest BCUT2D eigenvalue weighted by molar-refractivity contribution is -0.118. The molecule has 0 aliphatic rings. The molecule has 0 saturated heterocycles. The fraction of sp³-hybridized carbons (Fsp3) is 0.174. The Balaban J connectivity index is 1.78. The molecule has 0 aliphatic carbocycles. The van der Waals surface area contributed by atoms with E-state index < -0.39 is 24.0 Å². The summed E-state index contributed by atoms with van der Waals surface area (Å²) in [5, 5.41) is 9.36. The van der Waals surface area contributed by atoms with E-state index in [1.165, 1.54) is 6.92 Å². The first-order valence-corrected chi connectivity index (χ1v) is 10.9. The number of benzene rings is 2. The molecule has 2 aromatic carbocycles. The summed E-state index contributed by atoms with van der Waals surface area (Å²) in [5.74, 6) is -1.71. The number of ether oxygens (including phenoxy) is 2. The molecule has 1 heterocycles. The lowest BCUT2D eigenvalue weighted by Gasteiger charge is -2.13. The third kappa shape index (κ3) is 6.51. The number of nitrogens with one attached hydrogen (secondary N) is 2. The molecule has 3 aromatic rings. The molecule has 0 bridgehead atoms. The van der Waals surface area contributed by atoms with Crippen LogP contribution in [0.3, 0.4) is 0 Å². The number of halogens is 1. The topological polar surface area (TPSA) is 129 Å². The van der Waals surface area contributed by atoms with E-state index in [1.54, 1.807) is 55.5 Å². The zero-order chi connectivity index (χ0) is 24.7. The largest absolute Gasteiger partial charge is 0.481 e. The van der Waals surface area contributed by atoms with Crippen molar-refractivity contribution in [3.63, 3.8) is 0 Å². The summed E-state index contributed by atoms with van der Waals surface area (Å²) >= 11 is 3.33. The Morgan fingerprint density at radius 2 is 1.71 bits per heavy atom. The van der Waals surface area contributed by atoms with Crippen molar-refractivity contribution in [1.29, 1.82) is 0 Å². The molecule has 2 amide bonds. The van der Waals surface area contributed by atoms with Gasteiger partial charge in [-0.15, -0.1) is 0 Å². The van der Waals surface area contributed by atoms with Crippen LogP contribution in [0.25, 0.3) is 5.69 Å². The highest BCUT2D eigenvalue weighted by Gasteiger charge is 2.20. The average molecular weight is 529 g/mol. The minimum atomic E-state index is -0.796. The van der Waals surface area contributed by atoms with E-state index in [1.807, 2.05) is 0 Å². The van der Waals surface area contributed by atoms with Crippen molar-refractivity contribution in [1.82, 2.24) is 9.78 Å². The molecule has 0 spiro atoms. The second-order valence-electron chi connectivity index (χ2n) is 6.90. The van der Waals surface area contributed by atoms with Crippen molar-refractivity contribution in [2.75, 3.05) is 23.8 Å². The highest BCUT2D eigenvalue weighted by Crippen LogP contribution is 2.19. The summed E-state index contributed by atoms with van der Waals surface area (Å²) < 4.78 is 12.2. The molecule has 0 radical (unpaired) electrons. The molecule has 0 saturated carbocycles. The van der Waals surface area contributed by atoms with Crippen LogP contribution in [0.2, 0.25) is 0 Å². The van der Waals surface area contributed by atoms with Gasteiger partial charge in [0.15, 0.2) is 12.4 Å².